The molecule has 1 fully saturated rings. The van der Waals surface area contributed by atoms with Crippen LogP contribution in [0.3, 0.4) is 0 Å². The van der Waals surface area contributed by atoms with Crippen LogP contribution < -0.4 is 4.74 Å². The molecule has 1 aliphatic carbocycles. The molecule has 0 spiro atoms. The lowest BCUT2D eigenvalue weighted by Gasteiger charge is -2.08. The van der Waals surface area contributed by atoms with Crippen molar-refractivity contribution in [2.75, 3.05) is 0 Å². The van der Waals surface area contributed by atoms with Crippen molar-refractivity contribution in [3.05, 3.63) is 30.1 Å². The number of nitrogens with one attached hydrogen (secondary N) is 1. The summed E-state index contributed by atoms with van der Waals surface area (Å²) in [5.74, 6) is 1.52. The summed E-state index contributed by atoms with van der Waals surface area (Å²) in [6.45, 7) is 0. The second kappa shape index (κ2) is 4.25. The Kier molecular flexibility index (Phi) is 2.69. The van der Waals surface area contributed by atoms with Gasteiger partial charge in [-0.2, -0.15) is 5.10 Å². The minimum atomic E-state index is -4.68. The highest BCUT2D eigenvalue weighted by atomic mass is 19.4. The van der Waals surface area contributed by atoms with Crippen LogP contribution in [-0.2, 0) is 0 Å². The third kappa shape index (κ3) is 2.86. The Balaban J connectivity index is 1.77. The molecule has 1 aromatic carbocycles. The number of alkyl halides is 3. The summed E-state index contributed by atoms with van der Waals surface area (Å²) in [6.07, 6.45) is -2.47. The van der Waals surface area contributed by atoms with Crippen molar-refractivity contribution in [1.29, 1.82) is 0 Å². The monoisotopic (exact) mass is 269 g/mol. The molecule has 0 radical (unpaired) electrons. The second-order valence-electron chi connectivity index (χ2n) is 4.39. The van der Waals surface area contributed by atoms with Crippen LogP contribution in [0.2, 0.25) is 0 Å². The fourth-order valence-corrected chi connectivity index (χ4v) is 1.75. The van der Waals surface area contributed by atoms with Crippen LogP contribution in [0.25, 0.3) is 11.4 Å². The number of aromatic amines is 1. The van der Waals surface area contributed by atoms with Gasteiger partial charge in [0.1, 0.15) is 11.6 Å². The van der Waals surface area contributed by atoms with Crippen LogP contribution in [0.15, 0.2) is 24.3 Å². The molecular formula is C12H10F3N3O. The smallest absolute Gasteiger partial charge is 0.406 e. The van der Waals surface area contributed by atoms with E-state index in [1.807, 2.05) is 0 Å². The average molecular weight is 269 g/mol. The Morgan fingerprint density at radius 1 is 1.16 bits per heavy atom. The van der Waals surface area contributed by atoms with Gasteiger partial charge in [0, 0.05) is 11.5 Å². The molecule has 100 valence electrons. The summed E-state index contributed by atoms with van der Waals surface area (Å²) in [5, 5.41) is 6.90. The predicted molar refractivity (Wildman–Crippen MR) is 60.5 cm³/mol. The van der Waals surface area contributed by atoms with Crippen molar-refractivity contribution in [3.8, 4) is 17.1 Å². The molecule has 0 bridgehead atoms. The molecule has 0 unspecified atom stereocenters. The lowest BCUT2D eigenvalue weighted by Crippen LogP contribution is -2.16. The molecule has 1 saturated carbocycles. The number of hydrogen-bond acceptors (Lipinski definition) is 3. The van der Waals surface area contributed by atoms with Gasteiger partial charge in [-0.3, -0.25) is 5.10 Å². The van der Waals surface area contributed by atoms with Crippen LogP contribution >= 0.6 is 0 Å². The number of benzene rings is 1. The van der Waals surface area contributed by atoms with Gasteiger partial charge in [0.2, 0.25) is 0 Å². The first-order valence-corrected chi connectivity index (χ1v) is 5.80. The SMILES string of the molecule is FC(F)(F)Oc1ccc(-c2n[nH]c(C3CC3)n2)cc1. The summed E-state index contributed by atoms with van der Waals surface area (Å²) < 4.78 is 39.8. The zero-order valence-corrected chi connectivity index (χ0v) is 9.74. The van der Waals surface area contributed by atoms with Gasteiger partial charge in [0.15, 0.2) is 5.82 Å². The number of halogens is 3. The lowest BCUT2D eigenvalue weighted by atomic mass is 10.2. The first-order valence-electron chi connectivity index (χ1n) is 5.80. The first kappa shape index (κ1) is 12.0. The maximum Gasteiger partial charge on any atom is 0.573 e. The van der Waals surface area contributed by atoms with E-state index in [1.165, 1.54) is 24.3 Å². The van der Waals surface area contributed by atoms with Crippen LogP contribution in [0.4, 0.5) is 13.2 Å². The van der Waals surface area contributed by atoms with Gasteiger partial charge in [-0.15, -0.1) is 13.2 Å². The standard InChI is InChI=1S/C12H10F3N3O/c13-12(14,15)19-9-5-3-8(4-6-9)11-16-10(17-18-11)7-1-2-7/h3-7H,1-2H2,(H,16,17,18). The minimum Gasteiger partial charge on any atom is -0.406 e. The van der Waals surface area contributed by atoms with Gasteiger partial charge in [0.05, 0.1) is 0 Å². The highest BCUT2D eigenvalue weighted by Gasteiger charge is 2.31. The zero-order valence-electron chi connectivity index (χ0n) is 9.74. The zero-order chi connectivity index (χ0) is 13.5. The number of H-pyrrole nitrogens is 1. The van der Waals surface area contributed by atoms with Crippen molar-refractivity contribution in [3.63, 3.8) is 0 Å². The summed E-state index contributed by atoms with van der Waals surface area (Å²) in [4.78, 5) is 4.32. The van der Waals surface area contributed by atoms with E-state index in [0.717, 1.165) is 18.7 Å². The van der Waals surface area contributed by atoms with Crippen molar-refractivity contribution >= 4 is 0 Å². The number of ether oxygens (including phenoxy) is 1. The van der Waals surface area contributed by atoms with E-state index in [9.17, 15) is 13.2 Å². The van der Waals surface area contributed by atoms with E-state index in [0.29, 0.717) is 17.3 Å². The molecule has 0 amide bonds. The largest absolute Gasteiger partial charge is 0.573 e. The van der Waals surface area contributed by atoms with Crippen LogP contribution in [-0.4, -0.2) is 21.5 Å². The van der Waals surface area contributed by atoms with Gasteiger partial charge in [-0.1, -0.05) is 0 Å². The maximum absolute atomic E-state index is 12.0. The van der Waals surface area contributed by atoms with Gasteiger partial charge < -0.3 is 4.74 Å². The van der Waals surface area contributed by atoms with Gasteiger partial charge in [-0.05, 0) is 37.1 Å². The van der Waals surface area contributed by atoms with Crippen molar-refractivity contribution < 1.29 is 17.9 Å². The molecule has 4 nitrogen and oxygen atoms in total. The second-order valence-corrected chi connectivity index (χ2v) is 4.39. The third-order valence-corrected chi connectivity index (χ3v) is 2.81. The average Bonchev–Trinajstić information content (AvgIpc) is 3.07. The molecule has 0 aliphatic heterocycles. The van der Waals surface area contributed by atoms with E-state index >= 15 is 0 Å². The Morgan fingerprint density at radius 3 is 2.42 bits per heavy atom. The maximum atomic E-state index is 12.0. The normalized spacial score (nSPS) is 15.5. The highest BCUT2D eigenvalue weighted by molar-refractivity contribution is 5.55. The molecular weight excluding hydrogens is 259 g/mol. The Bertz CT molecular complexity index is 573. The van der Waals surface area contributed by atoms with Crippen LogP contribution in [0.1, 0.15) is 24.6 Å². The first-order chi connectivity index (χ1) is 9.01. The summed E-state index contributed by atoms with van der Waals surface area (Å²) >= 11 is 0. The molecule has 7 heteroatoms. The molecule has 3 rings (SSSR count). The Labute approximate surface area is 106 Å². The van der Waals surface area contributed by atoms with E-state index in [4.69, 9.17) is 0 Å². The molecule has 1 N–H and O–H groups in total. The van der Waals surface area contributed by atoms with E-state index < -0.39 is 6.36 Å². The fraction of sp³-hybridized carbons (Fsp3) is 0.333. The Hall–Kier alpha value is -2.05. The van der Waals surface area contributed by atoms with Gasteiger partial charge in [0.25, 0.3) is 0 Å². The summed E-state index contributed by atoms with van der Waals surface area (Å²) in [6, 6.07) is 5.49. The van der Waals surface area contributed by atoms with Crippen molar-refractivity contribution in [1.82, 2.24) is 15.2 Å². The van der Waals surface area contributed by atoms with Crippen LogP contribution in [0.5, 0.6) is 5.75 Å². The molecule has 2 aromatic rings. The molecule has 19 heavy (non-hydrogen) atoms. The topological polar surface area (TPSA) is 50.8 Å². The van der Waals surface area contributed by atoms with E-state index in [-0.39, 0.29) is 5.75 Å². The van der Waals surface area contributed by atoms with Crippen molar-refractivity contribution in [2.24, 2.45) is 0 Å². The molecule has 1 aromatic heterocycles. The number of nitrogens with zero attached hydrogens (tertiary/aromatic N) is 2. The molecule has 1 heterocycles. The lowest BCUT2D eigenvalue weighted by molar-refractivity contribution is -0.274. The number of aromatic nitrogens is 3. The van der Waals surface area contributed by atoms with Crippen LogP contribution in [0, 0.1) is 0 Å². The fourth-order valence-electron chi connectivity index (χ4n) is 1.75. The molecule has 0 atom stereocenters. The highest BCUT2D eigenvalue weighted by Crippen LogP contribution is 2.38. The summed E-state index contributed by atoms with van der Waals surface area (Å²) in [5.41, 5.74) is 0.651. The van der Waals surface area contributed by atoms with E-state index in [2.05, 4.69) is 19.9 Å². The minimum absolute atomic E-state index is 0.255. The molecule has 0 saturated heterocycles. The van der Waals surface area contributed by atoms with Crippen molar-refractivity contribution in [2.45, 2.75) is 25.1 Å². The van der Waals surface area contributed by atoms with Gasteiger partial charge in [-0.25, -0.2) is 4.98 Å². The van der Waals surface area contributed by atoms with E-state index in [1.54, 1.807) is 0 Å². The van der Waals surface area contributed by atoms with Gasteiger partial charge >= 0.3 is 6.36 Å². The summed E-state index contributed by atoms with van der Waals surface area (Å²) in [7, 11) is 0. The molecule has 1 aliphatic rings. The number of rotatable bonds is 3. The quantitative estimate of drug-likeness (QED) is 0.930. The third-order valence-electron chi connectivity index (χ3n) is 2.81. The number of hydrogen-bond donors (Lipinski definition) is 1. The predicted octanol–water partition coefficient (Wildman–Crippen LogP) is 3.25. The Morgan fingerprint density at radius 2 is 1.84 bits per heavy atom.